The van der Waals surface area contributed by atoms with E-state index in [0.717, 1.165) is 24.2 Å². The van der Waals surface area contributed by atoms with Crippen LogP contribution in [0.5, 0.6) is 0 Å². The molecule has 0 bridgehead atoms. The molecule has 4 rings (SSSR count). The third kappa shape index (κ3) is 6.78. The lowest BCUT2D eigenvalue weighted by Gasteiger charge is -2.36. The molecule has 2 aliphatic rings. The second-order valence-electron chi connectivity index (χ2n) is 10.3. The first-order valence-electron chi connectivity index (χ1n) is 13.7. The minimum Gasteiger partial charge on any atom is -0.463 e. The highest BCUT2D eigenvalue weighted by atomic mass is 16.5. The summed E-state index contributed by atoms with van der Waals surface area (Å²) < 4.78 is 5.47. The maximum Gasteiger partial charge on any atom is 0.338 e. The van der Waals surface area contributed by atoms with Crippen LogP contribution in [0, 0.1) is 0 Å². The van der Waals surface area contributed by atoms with Gasteiger partial charge in [0.2, 0.25) is 0 Å². The van der Waals surface area contributed by atoms with Gasteiger partial charge in [0.15, 0.2) is 0 Å². The second kappa shape index (κ2) is 12.8. The van der Waals surface area contributed by atoms with Gasteiger partial charge in [0.25, 0.3) is 0 Å². The Morgan fingerprint density at radius 2 is 1.74 bits per heavy atom. The van der Waals surface area contributed by atoms with Gasteiger partial charge in [-0.15, -0.1) is 0 Å². The number of carbonyl (C=O) groups excluding carboxylic acids is 3. The minimum atomic E-state index is -0.607. The lowest BCUT2D eigenvalue weighted by molar-refractivity contribution is -0.139. The number of benzene rings is 2. The van der Waals surface area contributed by atoms with Crippen LogP contribution in [0.4, 0.5) is 15.3 Å². The monoisotopic (exact) mass is 533 g/mol. The van der Waals surface area contributed by atoms with Crippen molar-refractivity contribution in [2.45, 2.75) is 39.2 Å². The molecular formula is C30H39N5O4. The summed E-state index contributed by atoms with van der Waals surface area (Å²) in [7, 11) is 1.68. The van der Waals surface area contributed by atoms with Crippen molar-refractivity contribution in [1.82, 2.24) is 20.0 Å². The van der Waals surface area contributed by atoms with Crippen molar-refractivity contribution >= 4 is 23.7 Å². The molecule has 2 aromatic rings. The molecule has 2 heterocycles. The molecule has 208 valence electrons. The Morgan fingerprint density at radius 3 is 2.41 bits per heavy atom. The van der Waals surface area contributed by atoms with E-state index in [1.54, 1.807) is 14.0 Å². The smallest absolute Gasteiger partial charge is 0.338 e. The number of carbonyl (C=O) groups is 3. The normalized spacial score (nSPS) is 18.6. The molecule has 0 radical (unpaired) electrons. The van der Waals surface area contributed by atoms with Crippen molar-refractivity contribution in [3.8, 4) is 0 Å². The van der Waals surface area contributed by atoms with Crippen LogP contribution in [-0.2, 0) is 9.53 Å². The predicted octanol–water partition coefficient (Wildman–Crippen LogP) is 4.56. The molecule has 1 unspecified atom stereocenters. The zero-order valence-corrected chi connectivity index (χ0v) is 23.3. The Hall–Kier alpha value is -3.85. The van der Waals surface area contributed by atoms with Crippen molar-refractivity contribution in [2.75, 3.05) is 51.7 Å². The van der Waals surface area contributed by atoms with Crippen LogP contribution in [0.3, 0.4) is 0 Å². The Bertz CT molecular complexity index is 1200. The fraction of sp³-hybridized carbons (Fsp3) is 0.433. The van der Waals surface area contributed by atoms with Gasteiger partial charge >= 0.3 is 18.0 Å². The van der Waals surface area contributed by atoms with Crippen molar-refractivity contribution in [2.24, 2.45) is 0 Å². The summed E-state index contributed by atoms with van der Waals surface area (Å²) >= 11 is 0. The van der Waals surface area contributed by atoms with E-state index < -0.39 is 12.0 Å². The number of amides is 4. The molecule has 1 atom stereocenters. The average molecular weight is 534 g/mol. The number of hydrogen-bond donors (Lipinski definition) is 2. The van der Waals surface area contributed by atoms with Gasteiger partial charge in [-0.3, -0.25) is 9.80 Å². The fourth-order valence-corrected chi connectivity index (χ4v) is 4.99. The van der Waals surface area contributed by atoms with Crippen LogP contribution in [-0.4, -0.2) is 79.1 Å². The van der Waals surface area contributed by atoms with E-state index in [4.69, 9.17) is 4.74 Å². The van der Waals surface area contributed by atoms with E-state index in [9.17, 15) is 14.4 Å². The summed E-state index contributed by atoms with van der Waals surface area (Å²) in [6, 6.07) is 16.4. The van der Waals surface area contributed by atoms with Crippen LogP contribution in [0.15, 0.2) is 65.9 Å². The SMILES string of the molecule is CCOC(=O)C1=C(CN2CCCN(C(=O)Nc3ccccc3)CC2)N(C)C(=O)NC1c1ccc(C(C)C)cc1. The highest BCUT2D eigenvalue weighted by Crippen LogP contribution is 2.32. The molecule has 2 aromatic carbocycles. The Kier molecular flexibility index (Phi) is 9.24. The first-order valence-corrected chi connectivity index (χ1v) is 13.7. The molecule has 0 aromatic heterocycles. The summed E-state index contributed by atoms with van der Waals surface area (Å²) in [5.74, 6) is -0.0601. The molecule has 0 spiro atoms. The van der Waals surface area contributed by atoms with Gasteiger partial charge in [-0.25, -0.2) is 14.4 Å². The number of nitrogens with one attached hydrogen (secondary N) is 2. The highest BCUT2D eigenvalue weighted by molar-refractivity contribution is 5.95. The van der Waals surface area contributed by atoms with E-state index >= 15 is 0 Å². The molecule has 0 saturated carbocycles. The Labute approximate surface area is 230 Å². The molecule has 1 saturated heterocycles. The summed E-state index contributed by atoms with van der Waals surface area (Å²) in [6.45, 7) is 9.18. The summed E-state index contributed by atoms with van der Waals surface area (Å²) in [4.78, 5) is 44.7. The minimum absolute atomic E-state index is 0.131. The number of hydrogen-bond acceptors (Lipinski definition) is 5. The molecule has 2 N–H and O–H groups in total. The quantitative estimate of drug-likeness (QED) is 0.509. The highest BCUT2D eigenvalue weighted by Gasteiger charge is 2.37. The van der Waals surface area contributed by atoms with Gasteiger partial charge in [-0.2, -0.15) is 0 Å². The molecular weight excluding hydrogens is 494 g/mol. The van der Waals surface area contributed by atoms with Gasteiger partial charge in [-0.1, -0.05) is 56.3 Å². The number of likely N-dealkylation sites (N-methyl/N-ethyl adjacent to an activating group) is 1. The van der Waals surface area contributed by atoms with Crippen LogP contribution in [0.2, 0.25) is 0 Å². The van der Waals surface area contributed by atoms with Gasteiger partial charge < -0.3 is 20.3 Å². The molecule has 4 amide bonds. The van der Waals surface area contributed by atoms with E-state index in [1.807, 2.05) is 59.5 Å². The van der Waals surface area contributed by atoms with Crippen LogP contribution in [0.25, 0.3) is 0 Å². The topological polar surface area (TPSA) is 94.2 Å². The molecule has 39 heavy (non-hydrogen) atoms. The van der Waals surface area contributed by atoms with Gasteiger partial charge in [0, 0.05) is 51.2 Å². The Balaban J connectivity index is 1.56. The van der Waals surface area contributed by atoms with Gasteiger partial charge in [0.1, 0.15) is 0 Å². The number of ether oxygens (including phenoxy) is 1. The predicted molar refractivity (Wildman–Crippen MR) is 151 cm³/mol. The van der Waals surface area contributed by atoms with Crippen LogP contribution >= 0.6 is 0 Å². The first-order chi connectivity index (χ1) is 18.8. The average Bonchev–Trinajstić information content (AvgIpc) is 3.17. The van der Waals surface area contributed by atoms with Gasteiger partial charge in [-0.05, 0) is 42.5 Å². The second-order valence-corrected chi connectivity index (χ2v) is 10.3. The maximum absolute atomic E-state index is 13.3. The van der Waals surface area contributed by atoms with E-state index in [2.05, 4.69) is 29.4 Å². The number of urea groups is 2. The number of para-hydroxylation sites is 1. The van der Waals surface area contributed by atoms with Crippen LogP contribution in [0.1, 0.15) is 50.3 Å². The van der Waals surface area contributed by atoms with E-state index in [-0.39, 0.29) is 18.7 Å². The maximum atomic E-state index is 13.3. The molecule has 1 fully saturated rings. The third-order valence-corrected chi connectivity index (χ3v) is 7.28. The van der Waals surface area contributed by atoms with Crippen molar-refractivity contribution in [3.05, 3.63) is 77.0 Å². The summed E-state index contributed by atoms with van der Waals surface area (Å²) in [5.41, 5.74) is 3.85. The van der Waals surface area contributed by atoms with Gasteiger partial charge in [0.05, 0.1) is 18.2 Å². The fourth-order valence-electron chi connectivity index (χ4n) is 4.99. The third-order valence-electron chi connectivity index (χ3n) is 7.28. The van der Waals surface area contributed by atoms with Crippen LogP contribution < -0.4 is 10.6 Å². The standard InChI is InChI=1S/C30H39N5O4/c1-5-39-28(36)26-25(33(4)29(37)32-27(26)23-14-12-22(13-15-23)21(2)3)20-34-16-9-17-35(19-18-34)30(38)31-24-10-7-6-8-11-24/h6-8,10-15,21,27H,5,9,16-20H2,1-4H3,(H,31,38)(H,32,37). The zero-order valence-electron chi connectivity index (χ0n) is 23.3. The van der Waals surface area contributed by atoms with Crippen molar-refractivity contribution in [1.29, 1.82) is 0 Å². The molecule has 9 heteroatoms. The lowest BCUT2D eigenvalue weighted by atomic mass is 9.92. The summed E-state index contributed by atoms with van der Waals surface area (Å²) in [5, 5.41) is 5.95. The zero-order chi connectivity index (χ0) is 27.9. The van der Waals surface area contributed by atoms with E-state index in [1.165, 1.54) is 10.5 Å². The largest absolute Gasteiger partial charge is 0.463 e. The lowest BCUT2D eigenvalue weighted by Crippen LogP contribution is -2.49. The van der Waals surface area contributed by atoms with E-state index in [0.29, 0.717) is 43.4 Å². The number of esters is 1. The molecule has 0 aliphatic carbocycles. The number of nitrogens with zero attached hydrogens (tertiary/aromatic N) is 3. The first kappa shape index (κ1) is 28.2. The summed E-state index contributed by atoms with van der Waals surface area (Å²) in [6.07, 6.45) is 0.778. The van der Waals surface area contributed by atoms with Crippen molar-refractivity contribution in [3.63, 3.8) is 0 Å². The molecule has 2 aliphatic heterocycles. The van der Waals surface area contributed by atoms with Crippen molar-refractivity contribution < 1.29 is 19.1 Å². The number of anilines is 1. The molecule has 9 nitrogen and oxygen atoms in total. The number of rotatable bonds is 7. The Morgan fingerprint density at radius 1 is 1.03 bits per heavy atom.